The molecule has 5 heteroatoms. The smallest absolute Gasteiger partial charge is 0.269 e. The Morgan fingerprint density at radius 3 is 2.89 bits per heavy atom. The van der Waals surface area contributed by atoms with Gasteiger partial charge >= 0.3 is 0 Å². The average molecular weight is 381 g/mol. The van der Waals surface area contributed by atoms with Crippen LogP contribution in [0.2, 0.25) is 0 Å². The van der Waals surface area contributed by atoms with Crippen molar-refractivity contribution in [3.8, 4) is 0 Å². The lowest BCUT2D eigenvalue weighted by molar-refractivity contribution is 0.0938. The van der Waals surface area contributed by atoms with E-state index in [1.54, 1.807) is 6.20 Å². The maximum absolute atomic E-state index is 12.5. The molecule has 28 heavy (non-hydrogen) atoms. The molecule has 0 fully saturated rings. The lowest BCUT2D eigenvalue weighted by atomic mass is 9.99. The number of hydrogen-bond donors (Lipinski definition) is 2. The van der Waals surface area contributed by atoms with Crippen LogP contribution in [0, 0.1) is 5.92 Å². The third kappa shape index (κ3) is 5.80. The summed E-state index contributed by atoms with van der Waals surface area (Å²) >= 11 is 0. The van der Waals surface area contributed by atoms with Crippen LogP contribution in [0.1, 0.15) is 48.3 Å². The lowest BCUT2D eigenvalue weighted by Gasteiger charge is -2.30. The quantitative estimate of drug-likeness (QED) is 0.651. The molecule has 150 valence electrons. The summed E-state index contributed by atoms with van der Waals surface area (Å²) in [5, 5.41) is 6.39. The van der Waals surface area contributed by atoms with Gasteiger partial charge in [0, 0.05) is 44.6 Å². The minimum atomic E-state index is -0.102. The predicted molar refractivity (Wildman–Crippen MR) is 115 cm³/mol. The van der Waals surface area contributed by atoms with Gasteiger partial charge in [-0.25, -0.2) is 0 Å². The highest BCUT2D eigenvalue weighted by Crippen LogP contribution is 2.19. The fraction of sp³-hybridized carbons (Fsp3) is 0.478. The number of anilines is 1. The second-order valence-electron chi connectivity index (χ2n) is 7.78. The second-order valence-corrected chi connectivity index (χ2v) is 7.78. The van der Waals surface area contributed by atoms with E-state index in [0.717, 1.165) is 51.1 Å². The third-order valence-corrected chi connectivity index (χ3v) is 5.24. The summed E-state index contributed by atoms with van der Waals surface area (Å²) < 4.78 is 0. The van der Waals surface area contributed by atoms with Crippen LogP contribution in [-0.2, 0) is 13.0 Å². The first-order chi connectivity index (χ1) is 13.7. The van der Waals surface area contributed by atoms with Crippen LogP contribution in [0.3, 0.4) is 0 Å². The molecule has 1 aromatic carbocycles. The summed E-state index contributed by atoms with van der Waals surface area (Å²) in [5.74, 6) is 0.287. The summed E-state index contributed by atoms with van der Waals surface area (Å²) in [7, 11) is 0. The first-order valence-corrected chi connectivity index (χ1v) is 10.4. The van der Waals surface area contributed by atoms with Gasteiger partial charge in [-0.2, -0.15) is 0 Å². The van der Waals surface area contributed by atoms with E-state index in [9.17, 15) is 4.79 Å². The highest BCUT2D eigenvalue weighted by atomic mass is 16.1. The van der Waals surface area contributed by atoms with Crippen molar-refractivity contribution in [1.29, 1.82) is 0 Å². The molecule has 0 saturated carbocycles. The number of aromatic nitrogens is 1. The largest absolute Gasteiger partial charge is 0.385 e. The maximum atomic E-state index is 12.5. The predicted octanol–water partition coefficient (Wildman–Crippen LogP) is 3.72. The number of nitrogens with one attached hydrogen (secondary N) is 2. The molecule has 0 aliphatic carbocycles. The molecule has 0 spiro atoms. The Morgan fingerprint density at radius 1 is 1.25 bits per heavy atom. The zero-order chi connectivity index (χ0) is 19.8. The molecule has 1 amide bonds. The van der Waals surface area contributed by atoms with Crippen LogP contribution in [0.15, 0.2) is 42.6 Å². The molecular weight excluding hydrogens is 348 g/mol. The number of carbonyl (C=O) groups is 1. The number of rotatable bonds is 9. The summed E-state index contributed by atoms with van der Waals surface area (Å²) in [5.41, 5.74) is 4.33. The summed E-state index contributed by atoms with van der Waals surface area (Å²) in [4.78, 5) is 19.2. The van der Waals surface area contributed by atoms with Gasteiger partial charge in [0.2, 0.25) is 0 Å². The Balaban J connectivity index is 1.45. The molecule has 1 aliphatic rings. The van der Waals surface area contributed by atoms with Gasteiger partial charge in [-0.1, -0.05) is 44.5 Å². The third-order valence-electron chi connectivity index (χ3n) is 5.24. The Labute approximate surface area is 168 Å². The van der Waals surface area contributed by atoms with Gasteiger partial charge in [-0.15, -0.1) is 0 Å². The molecule has 2 aromatic rings. The van der Waals surface area contributed by atoms with E-state index in [1.165, 1.54) is 11.1 Å². The molecule has 2 N–H and O–H groups in total. The van der Waals surface area contributed by atoms with Crippen LogP contribution < -0.4 is 10.6 Å². The van der Waals surface area contributed by atoms with Crippen molar-refractivity contribution >= 4 is 11.6 Å². The van der Waals surface area contributed by atoms with Gasteiger partial charge < -0.3 is 10.6 Å². The van der Waals surface area contributed by atoms with E-state index < -0.39 is 0 Å². The highest BCUT2D eigenvalue weighted by molar-refractivity contribution is 5.93. The number of amides is 1. The molecule has 0 bridgehead atoms. The number of pyridine rings is 1. The fourth-order valence-electron chi connectivity index (χ4n) is 3.65. The minimum absolute atomic E-state index is 0.102. The number of carbonyl (C=O) groups excluding carboxylic acids is 1. The van der Waals surface area contributed by atoms with E-state index in [4.69, 9.17) is 0 Å². The lowest BCUT2D eigenvalue weighted by Crippen LogP contribution is -2.38. The van der Waals surface area contributed by atoms with Crippen LogP contribution >= 0.6 is 0 Å². The zero-order valence-corrected chi connectivity index (χ0v) is 17.1. The van der Waals surface area contributed by atoms with Crippen molar-refractivity contribution in [2.24, 2.45) is 5.92 Å². The van der Waals surface area contributed by atoms with E-state index >= 15 is 0 Å². The number of unbranched alkanes of at least 4 members (excludes halogenated alkanes) is 1. The van der Waals surface area contributed by atoms with Crippen molar-refractivity contribution in [2.75, 3.05) is 31.5 Å². The van der Waals surface area contributed by atoms with Gasteiger partial charge in [-0.05, 0) is 42.0 Å². The van der Waals surface area contributed by atoms with E-state index in [2.05, 4.69) is 58.6 Å². The van der Waals surface area contributed by atoms with Crippen molar-refractivity contribution in [3.63, 3.8) is 0 Å². The van der Waals surface area contributed by atoms with Crippen molar-refractivity contribution in [2.45, 2.75) is 39.7 Å². The Bertz CT molecular complexity index is 777. The van der Waals surface area contributed by atoms with Gasteiger partial charge in [0.1, 0.15) is 5.69 Å². The van der Waals surface area contributed by atoms with Crippen LogP contribution in [0.4, 0.5) is 5.69 Å². The standard InChI is InChI=1S/C23H32N4O/c1-3-4-11-24-21-9-12-25-22(14-21)23(28)26-15-18(2)16-27-13-10-19-7-5-6-8-20(19)17-27/h5-9,12,14,18H,3-4,10-11,13,15-17H2,1-2H3,(H,24,25)(H,26,28). The SMILES string of the molecule is CCCCNc1ccnc(C(=O)NCC(C)CN2CCc3ccccc3C2)c1. The Morgan fingerprint density at radius 2 is 2.07 bits per heavy atom. The van der Waals surface area contributed by atoms with E-state index in [-0.39, 0.29) is 5.91 Å². The van der Waals surface area contributed by atoms with Gasteiger partial charge in [0.05, 0.1) is 0 Å². The molecule has 1 aromatic heterocycles. The number of nitrogens with zero attached hydrogens (tertiary/aromatic N) is 2. The first-order valence-electron chi connectivity index (χ1n) is 10.4. The molecule has 3 rings (SSSR count). The summed E-state index contributed by atoms with van der Waals surface area (Å²) in [6.07, 6.45) is 5.06. The Hall–Kier alpha value is -2.40. The molecule has 2 heterocycles. The van der Waals surface area contributed by atoms with Crippen molar-refractivity contribution in [3.05, 3.63) is 59.4 Å². The second kappa shape index (κ2) is 10.2. The normalized spacial score (nSPS) is 14.9. The zero-order valence-electron chi connectivity index (χ0n) is 17.1. The van der Waals surface area contributed by atoms with Crippen LogP contribution in [0.5, 0.6) is 0 Å². The monoisotopic (exact) mass is 380 g/mol. The number of fused-ring (bicyclic) bond motifs is 1. The van der Waals surface area contributed by atoms with Gasteiger partial charge in [0.25, 0.3) is 5.91 Å². The van der Waals surface area contributed by atoms with Crippen LogP contribution in [0.25, 0.3) is 0 Å². The highest BCUT2D eigenvalue weighted by Gasteiger charge is 2.18. The number of hydrogen-bond acceptors (Lipinski definition) is 4. The molecule has 5 nitrogen and oxygen atoms in total. The summed E-state index contributed by atoms with van der Waals surface area (Å²) in [6.45, 7) is 9.00. The van der Waals surface area contributed by atoms with Crippen LogP contribution in [-0.4, -0.2) is 42.0 Å². The topological polar surface area (TPSA) is 57.3 Å². The molecule has 0 radical (unpaired) electrons. The number of benzene rings is 1. The summed E-state index contributed by atoms with van der Waals surface area (Å²) in [6, 6.07) is 12.4. The van der Waals surface area contributed by atoms with E-state index in [1.807, 2.05) is 12.1 Å². The minimum Gasteiger partial charge on any atom is -0.385 e. The maximum Gasteiger partial charge on any atom is 0.269 e. The molecule has 1 atom stereocenters. The average Bonchev–Trinajstić information content (AvgIpc) is 2.72. The molecule has 1 unspecified atom stereocenters. The van der Waals surface area contributed by atoms with Crippen molar-refractivity contribution < 1.29 is 4.79 Å². The first kappa shape index (κ1) is 20.3. The van der Waals surface area contributed by atoms with E-state index in [0.29, 0.717) is 18.2 Å². The fourth-order valence-corrected chi connectivity index (χ4v) is 3.65. The Kier molecular flexibility index (Phi) is 7.43. The van der Waals surface area contributed by atoms with Gasteiger partial charge in [-0.3, -0.25) is 14.7 Å². The molecule has 1 aliphatic heterocycles. The molecular formula is C23H32N4O. The van der Waals surface area contributed by atoms with Crippen molar-refractivity contribution in [1.82, 2.24) is 15.2 Å². The van der Waals surface area contributed by atoms with Gasteiger partial charge in [0.15, 0.2) is 0 Å². The molecule has 0 saturated heterocycles.